The van der Waals surface area contributed by atoms with Crippen LogP contribution < -0.4 is 5.32 Å². The Hall–Kier alpha value is -2.69. The summed E-state index contributed by atoms with van der Waals surface area (Å²) in [5.41, 5.74) is 2.01. The molecule has 0 aromatic heterocycles. The number of nitriles is 1. The van der Waals surface area contributed by atoms with E-state index in [2.05, 4.69) is 36.2 Å². The maximum absolute atomic E-state index is 9.55. The molecule has 1 saturated heterocycles. The Balaban J connectivity index is 0.000000416. The van der Waals surface area contributed by atoms with Crippen LogP contribution in [0, 0.1) is 17.2 Å². The summed E-state index contributed by atoms with van der Waals surface area (Å²) in [6.07, 6.45) is 3.57. The molecule has 152 valence electrons. The van der Waals surface area contributed by atoms with E-state index in [0.29, 0.717) is 24.1 Å². The lowest BCUT2D eigenvalue weighted by Crippen LogP contribution is -2.44. The lowest BCUT2D eigenvalue weighted by molar-refractivity contribution is -0.134. The molecule has 0 bridgehead atoms. The van der Waals surface area contributed by atoms with E-state index < -0.39 is 11.9 Å². The lowest BCUT2D eigenvalue weighted by atomic mass is 10.0. The van der Waals surface area contributed by atoms with E-state index in [1.807, 2.05) is 18.2 Å². The zero-order chi connectivity index (χ0) is 20.9. The molecule has 2 rings (SSSR count). The van der Waals surface area contributed by atoms with Gasteiger partial charge in [0.1, 0.15) is 0 Å². The van der Waals surface area contributed by atoms with Crippen molar-refractivity contribution in [1.82, 2.24) is 10.2 Å². The third-order valence-electron chi connectivity index (χ3n) is 4.23. The van der Waals surface area contributed by atoms with Crippen molar-refractivity contribution in [3.8, 4) is 6.07 Å². The molecule has 1 fully saturated rings. The van der Waals surface area contributed by atoms with Crippen LogP contribution in [0.15, 0.2) is 36.4 Å². The molecular formula is C21H29N3O4. The summed E-state index contributed by atoms with van der Waals surface area (Å²) in [6.45, 7) is 8.88. The van der Waals surface area contributed by atoms with Crippen LogP contribution in [0.5, 0.6) is 0 Å². The molecule has 1 aromatic rings. The standard InChI is InChI=1S/C17H25N3.C4H4O4/c1-14(2)12-20(17-6-8-19-9-7-17)13-16-5-3-4-15(10-16)11-18;5-3(6)1-2-4(7)8/h3-5,10,14,17,19H,6-9,12-13H2,1-2H3;1-2H,(H,5,6)(H,7,8)/b;2-1+. The largest absolute Gasteiger partial charge is 0.478 e. The van der Waals surface area contributed by atoms with Crippen molar-refractivity contribution in [2.75, 3.05) is 19.6 Å². The first-order valence-electron chi connectivity index (χ1n) is 9.39. The van der Waals surface area contributed by atoms with Crippen molar-refractivity contribution in [1.29, 1.82) is 5.26 Å². The number of aliphatic carboxylic acids is 2. The molecule has 0 spiro atoms. The third kappa shape index (κ3) is 9.86. The van der Waals surface area contributed by atoms with Crippen LogP contribution in [0.3, 0.4) is 0 Å². The predicted octanol–water partition coefficient (Wildman–Crippen LogP) is 2.48. The number of hydrogen-bond acceptors (Lipinski definition) is 5. The van der Waals surface area contributed by atoms with E-state index >= 15 is 0 Å². The third-order valence-corrected chi connectivity index (χ3v) is 4.23. The van der Waals surface area contributed by atoms with Crippen LogP contribution in [0.4, 0.5) is 0 Å². The molecule has 1 heterocycles. The number of nitrogens with one attached hydrogen (secondary N) is 1. The summed E-state index contributed by atoms with van der Waals surface area (Å²) < 4.78 is 0. The molecule has 7 nitrogen and oxygen atoms in total. The quantitative estimate of drug-likeness (QED) is 0.616. The number of benzene rings is 1. The second kappa shape index (κ2) is 12.7. The lowest BCUT2D eigenvalue weighted by Gasteiger charge is -2.35. The van der Waals surface area contributed by atoms with Gasteiger partial charge in [-0.3, -0.25) is 4.90 Å². The fourth-order valence-corrected chi connectivity index (χ4v) is 3.10. The highest BCUT2D eigenvalue weighted by atomic mass is 16.4. The monoisotopic (exact) mass is 387 g/mol. The van der Waals surface area contributed by atoms with E-state index in [9.17, 15) is 9.59 Å². The van der Waals surface area contributed by atoms with Crippen LogP contribution >= 0.6 is 0 Å². The van der Waals surface area contributed by atoms with Gasteiger partial charge >= 0.3 is 11.9 Å². The number of rotatable bonds is 7. The predicted molar refractivity (Wildman–Crippen MR) is 107 cm³/mol. The van der Waals surface area contributed by atoms with Crippen molar-refractivity contribution in [3.63, 3.8) is 0 Å². The first-order chi connectivity index (χ1) is 13.3. The molecule has 0 aliphatic carbocycles. The van der Waals surface area contributed by atoms with Crippen LogP contribution in [-0.4, -0.2) is 52.7 Å². The smallest absolute Gasteiger partial charge is 0.328 e. The molecule has 0 atom stereocenters. The SMILES string of the molecule is CC(C)CN(Cc1cccc(C#N)c1)C1CCNCC1.O=C(O)/C=C/C(=O)O. The van der Waals surface area contributed by atoms with Gasteiger partial charge in [0.2, 0.25) is 0 Å². The maximum atomic E-state index is 9.55. The summed E-state index contributed by atoms with van der Waals surface area (Å²) >= 11 is 0. The first kappa shape index (κ1) is 23.3. The van der Waals surface area contributed by atoms with Gasteiger partial charge in [0, 0.05) is 31.3 Å². The van der Waals surface area contributed by atoms with Crippen LogP contribution in [0.2, 0.25) is 0 Å². The first-order valence-corrected chi connectivity index (χ1v) is 9.39. The van der Waals surface area contributed by atoms with E-state index in [1.54, 1.807) is 0 Å². The summed E-state index contributed by atoms with van der Waals surface area (Å²) in [6, 6.07) is 10.9. The number of carboxylic acids is 2. The van der Waals surface area contributed by atoms with Gasteiger partial charge in [-0.05, 0) is 49.5 Å². The number of nitrogens with zero attached hydrogens (tertiary/aromatic N) is 2. The van der Waals surface area contributed by atoms with Crippen molar-refractivity contribution in [2.24, 2.45) is 5.92 Å². The number of carboxylic acid groups (broad SMARTS) is 2. The highest BCUT2D eigenvalue weighted by Crippen LogP contribution is 2.18. The van der Waals surface area contributed by atoms with Crippen LogP contribution in [0.25, 0.3) is 0 Å². The van der Waals surface area contributed by atoms with Crippen molar-refractivity contribution < 1.29 is 19.8 Å². The molecule has 1 aliphatic heterocycles. The average molecular weight is 387 g/mol. The molecule has 0 radical (unpaired) electrons. The van der Waals surface area contributed by atoms with Crippen molar-refractivity contribution >= 4 is 11.9 Å². The molecule has 28 heavy (non-hydrogen) atoms. The summed E-state index contributed by atoms with van der Waals surface area (Å²) in [7, 11) is 0. The summed E-state index contributed by atoms with van der Waals surface area (Å²) in [5, 5.41) is 28.1. The Morgan fingerprint density at radius 1 is 1.25 bits per heavy atom. The van der Waals surface area contributed by atoms with Gasteiger partial charge in [0.25, 0.3) is 0 Å². The molecule has 3 N–H and O–H groups in total. The van der Waals surface area contributed by atoms with Crippen molar-refractivity contribution in [2.45, 2.75) is 39.3 Å². The molecule has 1 aromatic carbocycles. The van der Waals surface area contributed by atoms with Crippen LogP contribution in [0.1, 0.15) is 37.8 Å². The minimum atomic E-state index is -1.26. The molecule has 0 unspecified atom stereocenters. The van der Waals surface area contributed by atoms with E-state index in [4.69, 9.17) is 15.5 Å². The van der Waals surface area contributed by atoms with Crippen molar-refractivity contribution in [3.05, 3.63) is 47.5 Å². The molecule has 0 saturated carbocycles. The average Bonchev–Trinajstić information content (AvgIpc) is 2.67. The minimum Gasteiger partial charge on any atom is -0.478 e. The van der Waals surface area contributed by atoms with Crippen LogP contribution in [-0.2, 0) is 16.1 Å². The van der Waals surface area contributed by atoms with Gasteiger partial charge in [-0.25, -0.2) is 9.59 Å². The highest BCUT2D eigenvalue weighted by molar-refractivity contribution is 5.89. The summed E-state index contributed by atoms with van der Waals surface area (Å²) in [4.78, 5) is 21.7. The van der Waals surface area contributed by atoms with Gasteiger partial charge in [0.15, 0.2) is 0 Å². The maximum Gasteiger partial charge on any atom is 0.328 e. The van der Waals surface area contributed by atoms with Gasteiger partial charge in [-0.15, -0.1) is 0 Å². The normalized spacial score (nSPS) is 14.5. The van der Waals surface area contributed by atoms with Gasteiger partial charge in [0.05, 0.1) is 11.6 Å². The number of hydrogen-bond donors (Lipinski definition) is 3. The minimum absolute atomic E-state index is 0.558. The topological polar surface area (TPSA) is 114 Å². The fraction of sp³-hybridized carbons (Fsp3) is 0.476. The number of carbonyl (C=O) groups is 2. The highest BCUT2D eigenvalue weighted by Gasteiger charge is 2.21. The Morgan fingerprint density at radius 2 is 1.86 bits per heavy atom. The van der Waals surface area contributed by atoms with E-state index in [0.717, 1.165) is 31.7 Å². The zero-order valence-electron chi connectivity index (χ0n) is 16.5. The zero-order valence-corrected chi connectivity index (χ0v) is 16.5. The van der Waals surface area contributed by atoms with E-state index in [-0.39, 0.29) is 0 Å². The molecule has 1 aliphatic rings. The molecular weight excluding hydrogens is 358 g/mol. The Kier molecular flexibility index (Phi) is 10.6. The second-order valence-electron chi connectivity index (χ2n) is 7.13. The van der Waals surface area contributed by atoms with Gasteiger partial charge in [-0.2, -0.15) is 5.26 Å². The van der Waals surface area contributed by atoms with E-state index in [1.165, 1.54) is 18.4 Å². The fourth-order valence-electron chi connectivity index (χ4n) is 3.10. The van der Waals surface area contributed by atoms with Gasteiger partial charge < -0.3 is 15.5 Å². The Bertz CT molecular complexity index is 688. The Morgan fingerprint density at radius 3 is 2.36 bits per heavy atom. The summed E-state index contributed by atoms with van der Waals surface area (Å²) in [5.74, 6) is -1.84. The Labute approximate surface area is 166 Å². The second-order valence-corrected chi connectivity index (χ2v) is 7.13. The number of piperidine rings is 1. The van der Waals surface area contributed by atoms with Gasteiger partial charge in [-0.1, -0.05) is 26.0 Å². The molecule has 7 heteroatoms. The molecule has 0 amide bonds.